The number of nitrogens with zero attached hydrogens (tertiary/aromatic N) is 2. The summed E-state index contributed by atoms with van der Waals surface area (Å²) in [4.78, 5) is 31.2. The van der Waals surface area contributed by atoms with Gasteiger partial charge in [0.15, 0.2) is 5.13 Å². The molecule has 1 aliphatic heterocycles. The molecule has 2 amide bonds. The monoisotopic (exact) mass is 407 g/mol. The van der Waals surface area contributed by atoms with Crippen LogP contribution >= 0.6 is 11.3 Å². The van der Waals surface area contributed by atoms with Crippen LogP contribution in [0.5, 0.6) is 0 Å². The molecule has 7 heteroatoms. The molecule has 1 N–H and O–H groups in total. The minimum absolute atomic E-state index is 0.0282. The Morgan fingerprint density at radius 3 is 3.03 bits per heavy atom. The summed E-state index contributed by atoms with van der Waals surface area (Å²) >= 11 is 1.41. The van der Waals surface area contributed by atoms with Gasteiger partial charge in [0.25, 0.3) is 0 Å². The first-order chi connectivity index (χ1) is 14.2. The highest BCUT2D eigenvalue weighted by molar-refractivity contribution is 7.14. The van der Waals surface area contributed by atoms with Crippen LogP contribution in [0.3, 0.4) is 0 Å². The van der Waals surface area contributed by atoms with Crippen molar-refractivity contribution in [1.82, 2.24) is 9.88 Å². The fourth-order valence-electron chi connectivity index (χ4n) is 4.09. The van der Waals surface area contributed by atoms with Gasteiger partial charge in [0.1, 0.15) is 5.76 Å². The molecule has 5 rings (SSSR count). The van der Waals surface area contributed by atoms with Crippen molar-refractivity contribution in [3.8, 4) is 11.3 Å². The van der Waals surface area contributed by atoms with E-state index in [0.29, 0.717) is 18.2 Å². The fraction of sp³-hybridized carbons (Fsp3) is 0.318. The molecule has 2 aliphatic rings. The number of carbonyl (C=O) groups is 2. The van der Waals surface area contributed by atoms with E-state index in [1.54, 1.807) is 17.2 Å². The van der Waals surface area contributed by atoms with Gasteiger partial charge in [-0.3, -0.25) is 9.59 Å². The van der Waals surface area contributed by atoms with E-state index in [-0.39, 0.29) is 24.2 Å². The quantitative estimate of drug-likeness (QED) is 0.696. The molecule has 1 aliphatic carbocycles. The number of hydrogen-bond acceptors (Lipinski definition) is 5. The molecule has 0 radical (unpaired) electrons. The van der Waals surface area contributed by atoms with Crippen molar-refractivity contribution in [3.63, 3.8) is 0 Å². The number of aryl methyl sites for hydroxylation is 2. The third-order valence-corrected chi connectivity index (χ3v) is 6.40. The van der Waals surface area contributed by atoms with Crippen LogP contribution < -0.4 is 5.32 Å². The first-order valence-electron chi connectivity index (χ1n) is 9.84. The molecule has 6 nitrogen and oxygen atoms in total. The maximum Gasteiger partial charge on any atom is 0.231 e. The molecular weight excluding hydrogens is 386 g/mol. The van der Waals surface area contributed by atoms with Gasteiger partial charge in [0.2, 0.25) is 11.8 Å². The number of fused-ring (bicyclic) bond motifs is 1. The number of carbonyl (C=O) groups excluding carboxylic acids is 2. The number of furan rings is 1. The first kappa shape index (κ1) is 18.1. The predicted molar refractivity (Wildman–Crippen MR) is 110 cm³/mol. The molecular formula is C22H21N3O3S. The Kier molecular flexibility index (Phi) is 4.67. The molecule has 1 atom stereocenters. The van der Waals surface area contributed by atoms with Gasteiger partial charge in [-0.15, -0.1) is 11.3 Å². The molecule has 2 aromatic heterocycles. The second-order valence-electron chi connectivity index (χ2n) is 7.62. The van der Waals surface area contributed by atoms with Gasteiger partial charge in [0, 0.05) is 23.9 Å². The van der Waals surface area contributed by atoms with E-state index in [0.717, 1.165) is 29.9 Å². The van der Waals surface area contributed by atoms with Crippen LogP contribution in [0.1, 0.15) is 29.7 Å². The van der Waals surface area contributed by atoms with Crippen molar-refractivity contribution in [2.24, 2.45) is 5.92 Å². The zero-order valence-electron chi connectivity index (χ0n) is 15.9. The summed E-state index contributed by atoms with van der Waals surface area (Å²) < 4.78 is 5.30. The number of rotatable bonds is 5. The van der Waals surface area contributed by atoms with Crippen LogP contribution in [0.15, 0.2) is 46.4 Å². The number of hydrogen-bond donors (Lipinski definition) is 1. The number of amides is 2. The van der Waals surface area contributed by atoms with Gasteiger partial charge in [0.05, 0.1) is 24.4 Å². The number of nitrogens with one attached hydrogen (secondary N) is 1. The highest BCUT2D eigenvalue weighted by atomic mass is 32.1. The van der Waals surface area contributed by atoms with Crippen molar-refractivity contribution >= 4 is 28.3 Å². The van der Waals surface area contributed by atoms with Gasteiger partial charge in [-0.1, -0.05) is 12.1 Å². The van der Waals surface area contributed by atoms with E-state index in [9.17, 15) is 9.59 Å². The lowest BCUT2D eigenvalue weighted by molar-refractivity contribution is -0.128. The number of aromatic nitrogens is 1. The summed E-state index contributed by atoms with van der Waals surface area (Å²) in [6.45, 7) is 0.795. The molecule has 1 aromatic carbocycles. The minimum atomic E-state index is -0.371. The van der Waals surface area contributed by atoms with Crippen LogP contribution in [-0.2, 0) is 29.0 Å². The maximum absolute atomic E-state index is 12.7. The van der Waals surface area contributed by atoms with Crippen LogP contribution in [-0.4, -0.2) is 28.2 Å². The number of thiazole rings is 1. The van der Waals surface area contributed by atoms with Crippen molar-refractivity contribution in [2.45, 2.75) is 32.2 Å². The topological polar surface area (TPSA) is 75.4 Å². The Bertz CT molecular complexity index is 1060. The highest BCUT2D eigenvalue weighted by Crippen LogP contribution is 2.30. The Labute approximate surface area is 172 Å². The van der Waals surface area contributed by atoms with Crippen molar-refractivity contribution in [2.75, 3.05) is 11.9 Å². The zero-order valence-corrected chi connectivity index (χ0v) is 16.7. The van der Waals surface area contributed by atoms with Gasteiger partial charge in [-0.2, -0.15) is 0 Å². The smallest absolute Gasteiger partial charge is 0.231 e. The van der Waals surface area contributed by atoms with E-state index in [1.807, 2.05) is 11.4 Å². The van der Waals surface area contributed by atoms with Crippen LogP contribution in [0.25, 0.3) is 11.3 Å². The average molecular weight is 407 g/mol. The van der Waals surface area contributed by atoms with Gasteiger partial charge in [-0.25, -0.2) is 4.98 Å². The summed E-state index contributed by atoms with van der Waals surface area (Å²) in [6.07, 6.45) is 5.30. The molecule has 3 aromatic rings. The molecule has 3 heterocycles. The number of likely N-dealkylation sites (tertiary alicyclic amines) is 1. The Balaban J connectivity index is 1.23. The minimum Gasteiger partial charge on any atom is -0.467 e. The largest absolute Gasteiger partial charge is 0.467 e. The molecule has 1 saturated heterocycles. The fourth-order valence-corrected chi connectivity index (χ4v) is 4.82. The van der Waals surface area contributed by atoms with Gasteiger partial charge < -0.3 is 14.6 Å². The number of benzene rings is 1. The summed E-state index contributed by atoms with van der Waals surface area (Å²) in [5, 5.41) is 5.43. The summed E-state index contributed by atoms with van der Waals surface area (Å²) in [5.74, 6) is 0.165. The number of anilines is 1. The molecule has 29 heavy (non-hydrogen) atoms. The van der Waals surface area contributed by atoms with Crippen molar-refractivity contribution in [1.29, 1.82) is 0 Å². The zero-order chi connectivity index (χ0) is 19.8. The Morgan fingerprint density at radius 2 is 2.17 bits per heavy atom. The molecule has 1 fully saturated rings. The van der Waals surface area contributed by atoms with Crippen molar-refractivity contribution < 1.29 is 14.0 Å². The lowest BCUT2D eigenvalue weighted by atomic mass is 10.1. The SMILES string of the molecule is O=C(Nc1nc(-c2ccc3c(c2)CCC3)cs1)[C@@H]1CC(=O)N(Cc2ccco2)C1. The predicted octanol–water partition coefficient (Wildman–Crippen LogP) is 3.88. The van der Waals surface area contributed by atoms with Crippen molar-refractivity contribution in [3.05, 3.63) is 58.9 Å². The Hall–Kier alpha value is -2.93. The summed E-state index contributed by atoms with van der Waals surface area (Å²) in [5.41, 5.74) is 4.80. The summed E-state index contributed by atoms with van der Waals surface area (Å²) in [7, 11) is 0. The van der Waals surface area contributed by atoms with Crippen LogP contribution in [0.2, 0.25) is 0 Å². The van der Waals surface area contributed by atoms with Gasteiger partial charge in [-0.05, 0) is 48.6 Å². The highest BCUT2D eigenvalue weighted by Gasteiger charge is 2.35. The van der Waals surface area contributed by atoms with Gasteiger partial charge >= 0.3 is 0 Å². The summed E-state index contributed by atoms with van der Waals surface area (Å²) in [6, 6.07) is 10.1. The van der Waals surface area contributed by atoms with E-state index < -0.39 is 0 Å². The molecule has 0 saturated carbocycles. The van der Waals surface area contributed by atoms with E-state index in [4.69, 9.17) is 4.42 Å². The Morgan fingerprint density at radius 1 is 1.28 bits per heavy atom. The molecule has 0 spiro atoms. The second-order valence-corrected chi connectivity index (χ2v) is 8.48. The van der Waals surface area contributed by atoms with E-state index in [2.05, 4.69) is 28.5 Å². The maximum atomic E-state index is 12.7. The first-order valence-corrected chi connectivity index (χ1v) is 10.7. The lowest BCUT2D eigenvalue weighted by Crippen LogP contribution is -2.27. The third-order valence-electron chi connectivity index (χ3n) is 5.64. The van der Waals surface area contributed by atoms with E-state index in [1.165, 1.54) is 28.9 Å². The third kappa shape index (κ3) is 3.70. The molecule has 0 bridgehead atoms. The second kappa shape index (κ2) is 7.48. The molecule has 148 valence electrons. The average Bonchev–Trinajstić information content (AvgIpc) is 3.49. The van der Waals surface area contributed by atoms with Crippen LogP contribution in [0, 0.1) is 5.92 Å². The molecule has 0 unspecified atom stereocenters. The standard InChI is InChI=1S/C22H21N3O3S/c26-20-10-17(11-25(20)12-18-5-2-8-28-18)21(27)24-22-23-19(13-29-22)16-7-6-14-3-1-4-15(14)9-16/h2,5-9,13,17H,1,3-4,10-12H2,(H,23,24,27)/t17-/m1/s1. The van der Waals surface area contributed by atoms with Crippen LogP contribution in [0.4, 0.5) is 5.13 Å². The van der Waals surface area contributed by atoms with E-state index >= 15 is 0 Å². The lowest BCUT2D eigenvalue weighted by Gasteiger charge is -2.14. The normalized spacial score (nSPS) is 18.3.